The monoisotopic (exact) mass is 326 g/mol. The third kappa shape index (κ3) is 3.03. The van der Waals surface area contributed by atoms with E-state index in [4.69, 9.17) is 4.98 Å². The quantitative estimate of drug-likeness (QED) is 0.895. The van der Waals surface area contributed by atoms with Crippen LogP contribution < -0.4 is 5.32 Å². The van der Waals surface area contributed by atoms with Gasteiger partial charge in [-0.1, -0.05) is 12.8 Å². The van der Waals surface area contributed by atoms with E-state index in [1.165, 1.54) is 12.8 Å². The van der Waals surface area contributed by atoms with Crippen molar-refractivity contribution in [2.75, 3.05) is 11.1 Å². The summed E-state index contributed by atoms with van der Waals surface area (Å²) in [5.41, 5.74) is 3.01. The second-order valence-corrected chi connectivity index (χ2v) is 8.56. The molecule has 0 bridgehead atoms. The van der Waals surface area contributed by atoms with Crippen molar-refractivity contribution in [3.8, 4) is 12.1 Å². The maximum absolute atomic E-state index is 9.64. The standard InChI is InChI=1S/C18H22N4S/c1-18(2)16(11-23-18)22-17-14(10-20)13(9-19)12-7-5-3-4-6-8-15(12)21-17/h16H,3-8,11H2,1-2H3,(H,21,22). The zero-order valence-corrected chi connectivity index (χ0v) is 14.6. The van der Waals surface area contributed by atoms with Crippen LogP contribution in [0.15, 0.2) is 0 Å². The van der Waals surface area contributed by atoms with Crippen molar-refractivity contribution in [2.24, 2.45) is 0 Å². The first-order chi connectivity index (χ1) is 11.1. The number of nitrogens with zero attached hydrogens (tertiary/aromatic N) is 3. The number of aromatic nitrogens is 1. The minimum absolute atomic E-state index is 0.144. The predicted molar refractivity (Wildman–Crippen MR) is 93.5 cm³/mol. The molecule has 1 saturated heterocycles. The first kappa shape index (κ1) is 16.1. The molecule has 1 aromatic rings. The van der Waals surface area contributed by atoms with Gasteiger partial charge in [0.15, 0.2) is 0 Å². The summed E-state index contributed by atoms with van der Waals surface area (Å²) in [4.78, 5) is 4.79. The van der Waals surface area contributed by atoms with E-state index in [0.29, 0.717) is 23.0 Å². The molecule has 0 spiro atoms. The molecule has 1 atom stereocenters. The van der Waals surface area contributed by atoms with Gasteiger partial charge in [0.1, 0.15) is 23.5 Å². The number of thioether (sulfide) groups is 1. The van der Waals surface area contributed by atoms with Crippen molar-refractivity contribution in [1.29, 1.82) is 10.5 Å². The Balaban J connectivity index is 2.04. The molecule has 3 rings (SSSR count). The molecule has 1 unspecified atom stereocenters. The Morgan fingerprint density at radius 1 is 1.09 bits per heavy atom. The van der Waals surface area contributed by atoms with E-state index in [2.05, 4.69) is 31.3 Å². The maximum atomic E-state index is 9.64. The van der Waals surface area contributed by atoms with E-state index in [-0.39, 0.29) is 4.75 Å². The van der Waals surface area contributed by atoms with Crippen molar-refractivity contribution in [2.45, 2.75) is 63.2 Å². The van der Waals surface area contributed by atoms with Gasteiger partial charge in [-0.25, -0.2) is 4.98 Å². The van der Waals surface area contributed by atoms with E-state index in [0.717, 1.165) is 42.7 Å². The van der Waals surface area contributed by atoms with Crippen molar-refractivity contribution in [3.63, 3.8) is 0 Å². The highest BCUT2D eigenvalue weighted by Gasteiger charge is 2.40. The molecule has 1 aliphatic carbocycles. The van der Waals surface area contributed by atoms with Gasteiger partial charge in [0, 0.05) is 16.2 Å². The third-order valence-electron chi connectivity index (χ3n) is 4.97. The summed E-state index contributed by atoms with van der Waals surface area (Å²) >= 11 is 1.91. The van der Waals surface area contributed by atoms with Crippen LogP contribution in [0.3, 0.4) is 0 Å². The van der Waals surface area contributed by atoms with E-state index in [9.17, 15) is 10.5 Å². The van der Waals surface area contributed by atoms with E-state index in [1.54, 1.807) is 0 Å². The van der Waals surface area contributed by atoms with Crippen LogP contribution in [0.4, 0.5) is 5.82 Å². The topological polar surface area (TPSA) is 72.5 Å². The molecular formula is C18H22N4S. The molecule has 2 aliphatic rings. The summed E-state index contributed by atoms with van der Waals surface area (Å²) in [6.07, 6.45) is 6.38. The molecule has 1 aliphatic heterocycles. The summed E-state index contributed by atoms with van der Waals surface area (Å²) in [6.45, 7) is 4.40. The molecule has 1 aromatic heterocycles. The van der Waals surface area contributed by atoms with Crippen molar-refractivity contribution in [1.82, 2.24) is 4.98 Å². The van der Waals surface area contributed by atoms with Gasteiger partial charge in [0.05, 0.1) is 11.6 Å². The number of anilines is 1. The molecule has 1 N–H and O–H groups in total. The molecule has 0 aromatic carbocycles. The molecule has 5 heteroatoms. The molecule has 2 heterocycles. The second-order valence-electron chi connectivity index (χ2n) is 6.88. The summed E-state index contributed by atoms with van der Waals surface area (Å²) in [5.74, 6) is 1.63. The van der Waals surface area contributed by atoms with Crippen LogP contribution in [0.1, 0.15) is 61.9 Å². The van der Waals surface area contributed by atoms with Gasteiger partial charge in [-0.05, 0) is 45.1 Å². The Kier molecular flexibility index (Phi) is 4.50. The number of fused-ring (bicyclic) bond motifs is 1. The molecule has 0 saturated carbocycles. The zero-order valence-electron chi connectivity index (χ0n) is 13.8. The van der Waals surface area contributed by atoms with Crippen LogP contribution in [-0.4, -0.2) is 21.5 Å². The highest BCUT2D eigenvalue weighted by atomic mass is 32.2. The molecule has 120 valence electrons. The number of pyridine rings is 1. The number of hydrogen-bond donors (Lipinski definition) is 1. The maximum Gasteiger partial charge on any atom is 0.145 e. The van der Waals surface area contributed by atoms with Gasteiger partial charge < -0.3 is 5.32 Å². The largest absolute Gasteiger partial charge is 0.364 e. The van der Waals surface area contributed by atoms with Crippen molar-refractivity contribution >= 4 is 17.6 Å². The van der Waals surface area contributed by atoms with Crippen LogP contribution in [0.5, 0.6) is 0 Å². The average Bonchev–Trinajstić information content (AvgIpc) is 2.51. The van der Waals surface area contributed by atoms with E-state index < -0.39 is 0 Å². The summed E-state index contributed by atoms with van der Waals surface area (Å²) < 4.78 is 0.144. The Morgan fingerprint density at radius 2 is 1.78 bits per heavy atom. The van der Waals surface area contributed by atoms with Gasteiger partial charge in [-0.3, -0.25) is 0 Å². The van der Waals surface area contributed by atoms with E-state index in [1.807, 2.05) is 11.8 Å². The molecule has 0 amide bonds. The third-order valence-corrected chi connectivity index (χ3v) is 6.50. The van der Waals surface area contributed by atoms with Crippen LogP contribution in [0, 0.1) is 22.7 Å². The fourth-order valence-corrected chi connectivity index (χ4v) is 4.46. The van der Waals surface area contributed by atoms with Crippen LogP contribution in [0.25, 0.3) is 0 Å². The lowest BCUT2D eigenvalue weighted by atomic mass is 9.91. The summed E-state index contributed by atoms with van der Waals surface area (Å²) in [6, 6.07) is 4.81. The molecule has 4 nitrogen and oxygen atoms in total. The SMILES string of the molecule is CC1(C)SCC1Nc1nc2c(c(C#N)c1C#N)CCCCCC2. The lowest BCUT2D eigenvalue weighted by molar-refractivity contribution is 0.572. The van der Waals surface area contributed by atoms with Crippen LogP contribution in [-0.2, 0) is 12.8 Å². The molecule has 23 heavy (non-hydrogen) atoms. The van der Waals surface area contributed by atoms with Gasteiger partial charge in [0.2, 0.25) is 0 Å². The Morgan fingerprint density at radius 3 is 2.35 bits per heavy atom. The van der Waals surface area contributed by atoms with Crippen molar-refractivity contribution in [3.05, 3.63) is 22.4 Å². The molecule has 0 radical (unpaired) electrons. The average molecular weight is 326 g/mol. The Bertz CT molecular complexity index is 696. The number of nitriles is 2. The minimum atomic E-state index is 0.144. The lowest BCUT2D eigenvalue weighted by Crippen LogP contribution is -2.50. The normalized spacial score (nSPS) is 22.5. The Labute approximate surface area is 142 Å². The fraction of sp³-hybridized carbons (Fsp3) is 0.611. The minimum Gasteiger partial charge on any atom is -0.364 e. The van der Waals surface area contributed by atoms with Gasteiger partial charge in [-0.15, -0.1) is 0 Å². The predicted octanol–water partition coefficient (Wildman–Crippen LogP) is 3.79. The molecular weight excluding hydrogens is 304 g/mol. The van der Waals surface area contributed by atoms with Crippen molar-refractivity contribution < 1.29 is 0 Å². The summed E-state index contributed by atoms with van der Waals surface area (Å²) in [7, 11) is 0. The number of aryl methyl sites for hydroxylation is 1. The number of hydrogen-bond acceptors (Lipinski definition) is 5. The Hall–Kier alpha value is -1.72. The van der Waals surface area contributed by atoms with E-state index >= 15 is 0 Å². The lowest BCUT2D eigenvalue weighted by Gasteiger charge is -2.44. The fourth-order valence-electron chi connectivity index (χ4n) is 3.31. The molecule has 1 fully saturated rings. The van der Waals surface area contributed by atoms with Gasteiger partial charge in [-0.2, -0.15) is 22.3 Å². The number of rotatable bonds is 2. The van der Waals surface area contributed by atoms with Crippen LogP contribution >= 0.6 is 11.8 Å². The van der Waals surface area contributed by atoms with Crippen LogP contribution in [0.2, 0.25) is 0 Å². The zero-order chi connectivity index (χ0) is 16.4. The first-order valence-corrected chi connectivity index (χ1v) is 9.32. The number of nitrogens with one attached hydrogen (secondary N) is 1. The highest BCUT2D eigenvalue weighted by Crippen LogP contribution is 2.42. The van der Waals surface area contributed by atoms with Gasteiger partial charge in [0.25, 0.3) is 0 Å². The summed E-state index contributed by atoms with van der Waals surface area (Å²) in [5, 5.41) is 22.7. The first-order valence-electron chi connectivity index (χ1n) is 8.33. The second kappa shape index (κ2) is 6.42. The smallest absolute Gasteiger partial charge is 0.145 e. The highest BCUT2D eigenvalue weighted by molar-refractivity contribution is 8.02. The van der Waals surface area contributed by atoms with Gasteiger partial charge >= 0.3 is 0 Å².